The maximum Gasteiger partial charge on any atom is 0.252 e. The van der Waals surface area contributed by atoms with Crippen LogP contribution in [0, 0.1) is 0 Å². The molecule has 2 rings (SSSR count). The van der Waals surface area contributed by atoms with E-state index in [-0.39, 0.29) is 5.91 Å². The van der Waals surface area contributed by atoms with Gasteiger partial charge in [-0.3, -0.25) is 4.79 Å². The van der Waals surface area contributed by atoms with Gasteiger partial charge in [0.1, 0.15) is 0 Å². The van der Waals surface area contributed by atoms with Gasteiger partial charge < -0.3 is 10.2 Å². The van der Waals surface area contributed by atoms with Crippen LogP contribution in [0.15, 0.2) is 48.5 Å². The molecule has 0 heterocycles. The summed E-state index contributed by atoms with van der Waals surface area (Å²) in [4.78, 5) is 14.3. The van der Waals surface area contributed by atoms with Gasteiger partial charge in [0.25, 0.3) is 5.91 Å². The van der Waals surface area contributed by atoms with E-state index >= 15 is 0 Å². The fourth-order valence-corrected chi connectivity index (χ4v) is 2.69. The molecule has 0 aliphatic carbocycles. The molecule has 23 heavy (non-hydrogen) atoms. The Morgan fingerprint density at radius 3 is 2.57 bits per heavy atom. The molecule has 2 aromatic carbocycles. The predicted molar refractivity (Wildman–Crippen MR) is 96.2 cm³/mol. The van der Waals surface area contributed by atoms with Crippen LogP contribution in [0.3, 0.4) is 0 Å². The maximum absolute atomic E-state index is 12.1. The maximum atomic E-state index is 12.1. The molecule has 1 N–H and O–H groups in total. The van der Waals surface area contributed by atoms with Crippen molar-refractivity contribution in [1.82, 2.24) is 10.2 Å². The van der Waals surface area contributed by atoms with Crippen molar-refractivity contribution in [2.45, 2.75) is 13.0 Å². The second-order valence-electron chi connectivity index (χ2n) is 5.43. The molecule has 0 unspecified atom stereocenters. The van der Waals surface area contributed by atoms with Crippen molar-refractivity contribution in [2.75, 3.05) is 20.1 Å². The van der Waals surface area contributed by atoms with Crippen LogP contribution in [0.5, 0.6) is 0 Å². The summed E-state index contributed by atoms with van der Waals surface area (Å²) in [6, 6.07) is 15.4. The smallest absolute Gasteiger partial charge is 0.252 e. The highest BCUT2D eigenvalue weighted by molar-refractivity contribution is 6.43. The first-order chi connectivity index (χ1) is 11.1. The fraction of sp³-hybridized carbons (Fsp3) is 0.278. The zero-order chi connectivity index (χ0) is 16.7. The summed E-state index contributed by atoms with van der Waals surface area (Å²) in [5, 5.41) is 3.57. The number of nitrogens with one attached hydrogen (secondary N) is 1. The molecule has 0 fully saturated rings. The van der Waals surface area contributed by atoms with Gasteiger partial charge in [-0.2, -0.15) is 0 Å². The molecule has 0 saturated heterocycles. The SMILES string of the molecule is CN(CCCNC(=O)c1cccc(Cl)c1Cl)Cc1ccccc1. The van der Waals surface area contributed by atoms with Crippen molar-refractivity contribution in [1.29, 1.82) is 0 Å². The van der Waals surface area contributed by atoms with Gasteiger partial charge in [0.2, 0.25) is 0 Å². The fourth-order valence-electron chi connectivity index (χ4n) is 2.30. The molecule has 0 bridgehead atoms. The van der Waals surface area contributed by atoms with Crippen LogP contribution in [0.25, 0.3) is 0 Å². The minimum atomic E-state index is -0.191. The predicted octanol–water partition coefficient (Wildman–Crippen LogP) is 4.25. The Balaban J connectivity index is 1.72. The molecule has 0 aromatic heterocycles. The van der Waals surface area contributed by atoms with E-state index in [0.29, 0.717) is 22.2 Å². The zero-order valence-corrected chi connectivity index (χ0v) is 14.6. The van der Waals surface area contributed by atoms with E-state index in [1.165, 1.54) is 5.56 Å². The first-order valence-electron chi connectivity index (χ1n) is 7.52. The standard InChI is InChI=1S/C18H20Cl2N2O/c1-22(13-14-7-3-2-4-8-14)12-6-11-21-18(23)15-9-5-10-16(19)17(15)20/h2-5,7-10H,6,11-13H2,1H3,(H,21,23). The minimum Gasteiger partial charge on any atom is -0.352 e. The van der Waals surface area contributed by atoms with Crippen molar-refractivity contribution < 1.29 is 4.79 Å². The summed E-state index contributed by atoms with van der Waals surface area (Å²) < 4.78 is 0. The van der Waals surface area contributed by atoms with E-state index in [1.54, 1.807) is 18.2 Å². The second kappa shape index (κ2) is 8.92. The van der Waals surface area contributed by atoms with Crippen LogP contribution >= 0.6 is 23.2 Å². The average molecular weight is 351 g/mol. The third-order valence-corrected chi connectivity index (χ3v) is 4.31. The quantitative estimate of drug-likeness (QED) is 0.757. The van der Waals surface area contributed by atoms with E-state index < -0.39 is 0 Å². The lowest BCUT2D eigenvalue weighted by Gasteiger charge is -2.16. The number of hydrogen-bond acceptors (Lipinski definition) is 2. The van der Waals surface area contributed by atoms with Crippen LogP contribution < -0.4 is 5.32 Å². The largest absolute Gasteiger partial charge is 0.352 e. The zero-order valence-electron chi connectivity index (χ0n) is 13.1. The van der Waals surface area contributed by atoms with Crippen molar-refractivity contribution in [3.8, 4) is 0 Å². The first kappa shape index (κ1) is 17.8. The Kier molecular flexibility index (Phi) is 6.90. The second-order valence-corrected chi connectivity index (χ2v) is 6.22. The number of nitrogens with zero attached hydrogens (tertiary/aromatic N) is 1. The summed E-state index contributed by atoms with van der Waals surface area (Å²) in [7, 11) is 2.07. The Labute approximate surface area is 147 Å². The van der Waals surface area contributed by atoms with Crippen LogP contribution in [0.4, 0.5) is 0 Å². The molecular weight excluding hydrogens is 331 g/mol. The summed E-state index contributed by atoms with van der Waals surface area (Å²) in [6.45, 7) is 2.40. The summed E-state index contributed by atoms with van der Waals surface area (Å²) in [5.41, 5.74) is 1.70. The van der Waals surface area contributed by atoms with E-state index in [9.17, 15) is 4.79 Å². The molecule has 1 amide bonds. The summed E-state index contributed by atoms with van der Waals surface area (Å²) in [6.07, 6.45) is 0.868. The highest BCUT2D eigenvalue weighted by Gasteiger charge is 2.11. The lowest BCUT2D eigenvalue weighted by Crippen LogP contribution is -2.28. The van der Waals surface area contributed by atoms with Gasteiger partial charge >= 0.3 is 0 Å². The number of carbonyl (C=O) groups excluding carboxylic acids is 1. The molecule has 122 valence electrons. The van der Waals surface area contributed by atoms with Crippen LogP contribution in [-0.4, -0.2) is 30.9 Å². The van der Waals surface area contributed by atoms with Crippen LogP contribution in [0.2, 0.25) is 10.0 Å². The average Bonchev–Trinajstić information content (AvgIpc) is 2.55. The number of carbonyl (C=O) groups is 1. The molecule has 0 radical (unpaired) electrons. The van der Waals surface area contributed by atoms with Gasteiger partial charge in [-0.25, -0.2) is 0 Å². The number of rotatable bonds is 7. The van der Waals surface area contributed by atoms with Gasteiger partial charge in [0, 0.05) is 13.1 Å². The van der Waals surface area contributed by atoms with Crippen molar-refractivity contribution in [3.05, 3.63) is 69.7 Å². The molecule has 2 aromatic rings. The van der Waals surface area contributed by atoms with E-state index in [1.807, 2.05) is 18.2 Å². The molecular formula is C18H20Cl2N2O. The molecule has 5 heteroatoms. The number of hydrogen-bond donors (Lipinski definition) is 1. The number of benzene rings is 2. The third-order valence-electron chi connectivity index (χ3n) is 3.49. The van der Waals surface area contributed by atoms with Crippen LogP contribution in [0.1, 0.15) is 22.3 Å². The summed E-state index contributed by atoms with van der Waals surface area (Å²) >= 11 is 12.0. The number of amides is 1. The monoisotopic (exact) mass is 350 g/mol. The highest BCUT2D eigenvalue weighted by atomic mass is 35.5. The van der Waals surface area contributed by atoms with Gasteiger partial charge in [-0.1, -0.05) is 59.6 Å². The van der Waals surface area contributed by atoms with Crippen molar-refractivity contribution >= 4 is 29.1 Å². The first-order valence-corrected chi connectivity index (χ1v) is 8.28. The van der Waals surface area contributed by atoms with Crippen molar-refractivity contribution in [3.63, 3.8) is 0 Å². The third kappa shape index (κ3) is 5.54. The van der Waals surface area contributed by atoms with E-state index in [4.69, 9.17) is 23.2 Å². The molecule has 3 nitrogen and oxygen atoms in total. The van der Waals surface area contributed by atoms with Gasteiger partial charge in [-0.15, -0.1) is 0 Å². The van der Waals surface area contributed by atoms with Crippen LogP contribution in [-0.2, 0) is 6.54 Å². The molecule has 0 aliphatic heterocycles. The lowest BCUT2D eigenvalue weighted by atomic mass is 10.2. The van der Waals surface area contributed by atoms with Crippen molar-refractivity contribution in [2.24, 2.45) is 0 Å². The van der Waals surface area contributed by atoms with Gasteiger partial charge in [-0.05, 0) is 37.7 Å². The Morgan fingerprint density at radius 1 is 1.09 bits per heavy atom. The topological polar surface area (TPSA) is 32.3 Å². The number of halogens is 2. The van der Waals surface area contributed by atoms with Gasteiger partial charge in [0.05, 0.1) is 15.6 Å². The van der Waals surface area contributed by atoms with E-state index in [0.717, 1.165) is 19.5 Å². The molecule has 0 saturated carbocycles. The molecule has 0 aliphatic rings. The normalized spacial score (nSPS) is 10.8. The summed E-state index contributed by atoms with van der Waals surface area (Å²) in [5.74, 6) is -0.191. The van der Waals surface area contributed by atoms with Gasteiger partial charge in [0.15, 0.2) is 0 Å². The highest BCUT2D eigenvalue weighted by Crippen LogP contribution is 2.25. The Morgan fingerprint density at radius 2 is 1.83 bits per heavy atom. The minimum absolute atomic E-state index is 0.191. The Hall–Kier alpha value is -1.55. The lowest BCUT2D eigenvalue weighted by molar-refractivity contribution is 0.0952. The molecule has 0 atom stereocenters. The molecule has 0 spiro atoms. The van der Waals surface area contributed by atoms with E-state index in [2.05, 4.69) is 29.4 Å². The Bertz CT molecular complexity index is 647.